The van der Waals surface area contributed by atoms with Crippen molar-refractivity contribution in [2.45, 2.75) is 44.2 Å². The van der Waals surface area contributed by atoms with Gasteiger partial charge in [0.15, 0.2) is 0 Å². The molecule has 8 nitrogen and oxygen atoms in total. The second-order valence-corrected chi connectivity index (χ2v) is 6.62. The van der Waals surface area contributed by atoms with Crippen molar-refractivity contribution in [3.8, 4) is 11.5 Å². The van der Waals surface area contributed by atoms with Crippen molar-refractivity contribution in [1.29, 1.82) is 0 Å². The SMILES string of the molecule is Cn1cnc(-c2noc(C[C@@H]3C(=O)NCCN3C3CCCC3)n2)c1. The summed E-state index contributed by atoms with van der Waals surface area (Å²) in [4.78, 5) is 23.4. The van der Waals surface area contributed by atoms with E-state index < -0.39 is 0 Å². The van der Waals surface area contributed by atoms with Crippen LogP contribution >= 0.6 is 0 Å². The van der Waals surface area contributed by atoms with Crippen molar-refractivity contribution in [2.24, 2.45) is 7.05 Å². The zero-order valence-electron chi connectivity index (χ0n) is 13.8. The summed E-state index contributed by atoms with van der Waals surface area (Å²) in [5, 5.41) is 6.96. The lowest BCUT2D eigenvalue weighted by atomic mass is 10.0. The van der Waals surface area contributed by atoms with Gasteiger partial charge in [-0.05, 0) is 12.8 Å². The average Bonchev–Trinajstić information content (AvgIpc) is 3.30. The normalized spacial score (nSPS) is 22.9. The van der Waals surface area contributed by atoms with Crippen molar-refractivity contribution >= 4 is 5.91 Å². The molecule has 1 amide bonds. The van der Waals surface area contributed by atoms with Crippen LogP contribution < -0.4 is 5.32 Å². The summed E-state index contributed by atoms with van der Waals surface area (Å²) >= 11 is 0. The van der Waals surface area contributed by atoms with E-state index in [4.69, 9.17) is 4.52 Å². The highest BCUT2D eigenvalue weighted by Gasteiger charge is 2.36. The van der Waals surface area contributed by atoms with E-state index in [1.807, 2.05) is 17.8 Å². The molecular weight excluding hydrogens is 308 g/mol. The summed E-state index contributed by atoms with van der Waals surface area (Å²) in [5.41, 5.74) is 0.674. The Morgan fingerprint density at radius 2 is 2.21 bits per heavy atom. The molecule has 2 fully saturated rings. The highest BCUT2D eigenvalue weighted by molar-refractivity contribution is 5.82. The number of aryl methyl sites for hydroxylation is 1. The number of piperazine rings is 1. The first kappa shape index (κ1) is 15.3. The lowest BCUT2D eigenvalue weighted by Gasteiger charge is -2.38. The van der Waals surface area contributed by atoms with Crippen LogP contribution in [0.5, 0.6) is 0 Å². The molecule has 0 aromatic carbocycles. The second-order valence-electron chi connectivity index (χ2n) is 6.62. The Balaban J connectivity index is 1.51. The maximum Gasteiger partial charge on any atom is 0.237 e. The largest absolute Gasteiger partial charge is 0.353 e. The van der Waals surface area contributed by atoms with Gasteiger partial charge in [0, 0.05) is 32.4 Å². The zero-order valence-corrected chi connectivity index (χ0v) is 13.8. The fraction of sp³-hybridized carbons (Fsp3) is 0.625. The van der Waals surface area contributed by atoms with Gasteiger partial charge in [-0.2, -0.15) is 4.98 Å². The van der Waals surface area contributed by atoms with E-state index in [2.05, 4.69) is 25.3 Å². The molecule has 128 valence electrons. The Morgan fingerprint density at radius 3 is 2.96 bits per heavy atom. The predicted molar refractivity (Wildman–Crippen MR) is 86.0 cm³/mol. The number of carbonyl (C=O) groups excluding carboxylic acids is 1. The van der Waals surface area contributed by atoms with Crippen molar-refractivity contribution in [1.82, 2.24) is 29.9 Å². The molecule has 1 saturated carbocycles. The quantitative estimate of drug-likeness (QED) is 0.890. The molecule has 1 aliphatic carbocycles. The molecule has 2 aliphatic rings. The fourth-order valence-electron chi connectivity index (χ4n) is 3.75. The maximum absolute atomic E-state index is 12.4. The Labute approximate surface area is 140 Å². The molecule has 1 atom stereocenters. The molecule has 1 saturated heterocycles. The monoisotopic (exact) mass is 330 g/mol. The number of nitrogens with zero attached hydrogens (tertiary/aromatic N) is 5. The molecular formula is C16H22N6O2. The minimum atomic E-state index is -0.223. The third kappa shape index (κ3) is 2.93. The summed E-state index contributed by atoms with van der Waals surface area (Å²) in [6, 6.07) is 0.276. The van der Waals surface area contributed by atoms with Crippen molar-refractivity contribution < 1.29 is 9.32 Å². The molecule has 2 aromatic heterocycles. The molecule has 2 aromatic rings. The Hall–Kier alpha value is -2.22. The molecule has 8 heteroatoms. The van der Waals surface area contributed by atoms with Gasteiger partial charge >= 0.3 is 0 Å². The third-order valence-corrected chi connectivity index (χ3v) is 4.94. The summed E-state index contributed by atoms with van der Waals surface area (Å²) in [6.07, 6.45) is 8.83. The van der Waals surface area contributed by atoms with Gasteiger partial charge in [0.05, 0.1) is 18.8 Å². The first-order valence-electron chi connectivity index (χ1n) is 8.55. The van der Waals surface area contributed by atoms with E-state index in [0.29, 0.717) is 29.9 Å². The first-order chi connectivity index (χ1) is 11.7. The molecule has 3 heterocycles. The highest BCUT2D eigenvalue weighted by atomic mass is 16.5. The number of nitrogens with one attached hydrogen (secondary N) is 1. The Morgan fingerprint density at radius 1 is 1.38 bits per heavy atom. The van der Waals surface area contributed by atoms with Crippen LogP contribution in [0, 0.1) is 0 Å². The Bertz CT molecular complexity index is 718. The van der Waals surface area contributed by atoms with Gasteiger partial charge in [-0.15, -0.1) is 0 Å². The molecule has 0 radical (unpaired) electrons. The van der Waals surface area contributed by atoms with Gasteiger partial charge in [0.2, 0.25) is 17.6 Å². The lowest BCUT2D eigenvalue weighted by Crippen LogP contribution is -2.58. The van der Waals surface area contributed by atoms with E-state index in [9.17, 15) is 4.79 Å². The standard InChI is InChI=1S/C16H22N6O2/c1-21-9-12(18-10-21)15-19-14(24-20-15)8-13-16(23)17-6-7-22(13)11-4-2-3-5-11/h9-11,13H,2-8H2,1H3,(H,17,23)/t13-/m1/s1. The van der Waals surface area contributed by atoms with E-state index >= 15 is 0 Å². The van der Waals surface area contributed by atoms with Crippen LogP contribution in [0.15, 0.2) is 17.0 Å². The number of hydrogen-bond acceptors (Lipinski definition) is 6. The van der Waals surface area contributed by atoms with Crippen molar-refractivity contribution in [3.05, 3.63) is 18.4 Å². The first-order valence-corrected chi connectivity index (χ1v) is 8.55. The fourth-order valence-corrected chi connectivity index (χ4v) is 3.75. The number of amides is 1. The smallest absolute Gasteiger partial charge is 0.237 e. The predicted octanol–water partition coefficient (Wildman–Crippen LogP) is 0.756. The van der Waals surface area contributed by atoms with Crippen LogP contribution in [0.1, 0.15) is 31.6 Å². The van der Waals surface area contributed by atoms with Crippen LogP contribution in [0.25, 0.3) is 11.5 Å². The molecule has 1 aliphatic heterocycles. The maximum atomic E-state index is 12.4. The van der Waals surface area contributed by atoms with Crippen LogP contribution in [-0.4, -0.2) is 55.7 Å². The molecule has 0 spiro atoms. The minimum absolute atomic E-state index is 0.0609. The van der Waals surface area contributed by atoms with Gasteiger partial charge in [0.1, 0.15) is 5.69 Å². The summed E-state index contributed by atoms with van der Waals surface area (Å²) in [7, 11) is 1.89. The minimum Gasteiger partial charge on any atom is -0.353 e. The van der Waals surface area contributed by atoms with Crippen LogP contribution in [0.2, 0.25) is 0 Å². The number of imidazole rings is 1. The van der Waals surface area contributed by atoms with Gasteiger partial charge in [-0.25, -0.2) is 4.98 Å². The zero-order chi connectivity index (χ0) is 16.5. The molecule has 0 bridgehead atoms. The summed E-state index contributed by atoms with van der Waals surface area (Å²) in [6.45, 7) is 1.61. The van der Waals surface area contributed by atoms with Crippen molar-refractivity contribution in [3.63, 3.8) is 0 Å². The number of rotatable bonds is 4. The third-order valence-electron chi connectivity index (χ3n) is 4.94. The second kappa shape index (κ2) is 6.35. The van der Waals surface area contributed by atoms with Gasteiger partial charge in [-0.3, -0.25) is 9.69 Å². The lowest BCUT2D eigenvalue weighted by molar-refractivity contribution is -0.130. The molecule has 1 N–H and O–H groups in total. The molecule has 0 unspecified atom stereocenters. The van der Waals surface area contributed by atoms with Crippen LogP contribution in [0.4, 0.5) is 0 Å². The summed E-state index contributed by atoms with van der Waals surface area (Å²) in [5.74, 6) is 1.01. The van der Waals surface area contributed by atoms with E-state index in [1.54, 1.807) is 6.33 Å². The number of aromatic nitrogens is 4. The van der Waals surface area contributed by atoms with Crippen LogP contribution in [0.3, 0.4) is 0 Å². The molecule has 4 rings (SSSR count). The highest BCUT2D eigenvalue weighted by Crippen LogP contribution is 2.27. The molecule has 24 heavy (non-hydrogen) atoms. The average molecular weight is 330 g/mol. The van der Waals surface area contributed by atoms with Gasteiger partial charge < -0.3 is 14.4 Å². The topological polar surface area (TPSA) is 89.1 Å². The van der Waals surface area contributed by atoms with Gasteiger partial charge in [0.25, 0.3) is 0 Å². The number of hydrogen-bond donors (Lipinski definition) is 1. The Kier molecular flexibility index (Phi) is 4.05. The van der Waals surface area contributed by atoms with E-state index in [1.165, 1.54) is 25.7 Å². The van der Waals surface area contributed by atoms with Gasteiger partial charge in [-0.1, -0.05) is 18.0 Å². The van der Waals surface area contributed by atoms with E-state index in [-0.39, 0.29) is 11.9 Å². The van der Waals surface area contributed by atoms with E-state index in [0.717, 1.165) is 13.1 Å². The summed E-state index contributed by atoms with van der Waals surface area (Å²) < 4.78 is 7.21. The van der Waals surface area contributed by atoms with Crippen LogP contribution in [-0.2, 0) is 18.3 Å². The number of carbonyl (C=O) groups is 1. The van der Waals surface area contributed by atoms with Crippen molar-refractivity contribution in [2.75, 3.05) is 13.1 Å².